The van der Waals surface area contributed by atoms with Crippen LogP contribution in [0.15, 0.2) is 11.9 Å². The first-order valence-electron chi connectivity index (χ1n) is 3.21. The fraction of sp³-hybridized carbons (Fsp3) is 0.714. The Bertz CT molecular complexity index is 97.1. The van der Waals surface area contributed by atoms with Gasteiger partial charge in [-0.2, -0.15) is 0 Å². The zero-order chi connectivity index (χ0) is 7.28. The summed E-state index contributed by atoms with van der Waals surface area (Å²) in [7, 11) is 0. The Kier molecular flexibility index (Phi) is 4.32. The predicted molar refractivity (Wildman–Crippen MR) is 37.7 cm³/mol. The van der Waals surface area contributed by atoms with E-state index in [2.05, 4.69) is 0 Å². The molecule has 0 aromatic carbocycles. The molecular weight excluding hydrogens is 117 g/mol. The quantitative estimate of drug-likeness (QED) is 0.621. The summed E-state index contributed by atoms with van der Waals surface area (Å²) in [6.45, 7) is 4.26. The molecule has 0 aromatic heterocycles. The summed E-state index contributed by atoms with van der Waals surface area (Å²) in [6, 6.07) is 0. The molecule has 0 aliphatic rings. The largest absolute Gasteiger partial charge is 0.327 e. The molecule has 0 radical (unpaired) electrons. The van der Waals surface area contributed by atoms with Crippen molar-refractivity contribution in [1.29, 1.82) is 0 Å². The SMILES string of the molecule is CC(C)C/C(F)=C\CN. The van der Waals surface area contributed by atoms with Gasteiger partial charge in [0.05, 0.1) is 5.83 Å². The second-order valence-electron chi connectivity index (χ2n) is 2.48. The molecule has 0 rings (SSSR count). The molecule has 0 heterocycles. The van der Waals surface area contributed by atoms with Crippen LogP contribution in [0.2, 0.25) is 0 Å². The topological polar surface area (TPSA) is 26.0 Å². The maximum atomic E-state index is 12.4. The minimum atomic E-state index is -0.0903. The molecule has 0 saturated heterocycles. The molecule has 0 fully saturated rings. The molecule has 1 nitrogen and oxygen atoms in total. The van der Waals surface area contributed by atoms with Gasteiger partial charge in [-0.3, -0.25) is 0 Å². The second kappa shape index (κ2) is 4.50. The van der Waals surface area contributed by atoms with Crippen molar-refractivity contribution < 1.29 is 4.39 Å². The fourth-order valence-corrected chi connectivity index (χ4v) is 0.601. The third kappa shape index (κ3) is 5.50. The Labute approximate surface area is 55.7 Å². The van der Waals surface area contributed by atoms with Crippen LogP contribution in [-0.4, -0.2) is 6.54 Å². The highest BCUT2D eigenvalue weighted by Gasteiger charge is 1.96. The summed E-state index contributed by atoms with van der Waals surface area (Å²) in [5.74, 6) is 0.292. The van der Waals surface area contributed by atoms with Crippen molar-refractivity contribution >= 4 is 0 Å². The third-order valence-electron chi connectivity index (χ3n) is 0.943. The van der Waals surface area contributed by atoms with E-state index in [-0.39, 0.29) is 5.83 Å². The van der Waals surface area contributed by atoms with Gasteiger partial charge in [-0.25, -0.2) is 4.39 Å². The van der Waals surface area contributed by atoms with Gasteiger partial charge in [0.15, 0.2) is 0 Å². The first-order chi connectivity index (χ1) is 4.16. The Morgan fingerprint density at radius 1 is 1.67 bits per heavy atom. The van der Waals surface area contributed by atoms with Crippen LogP contribution < -0.4 is 5.73 Å². The Morgan fingerprint density at radius 2 is 2.22 bits per heavy atom. The van der Waals surface area contributed by atoms with Gasteiger partial charge in [0.1, 0.15) is 0 Å². The lowest BCUT2D eigenvalue weighted by atomic mass is 10.1. The van der Waals surface area contributed by atoms with Crippen LogP contribution in [0.1, 0.15) is 20.3 Å². The fourth-order valence-electron chi connectivity index (χ4n) is 0.601. The van der Waals surface area contributed by atoms with Gasteiger partial charge in [-0.1, -0.05) is 13.8 Å². The molecular formula is C7H14FN. The van der Waals surface area contributed by atoms with E-state index < -0.39 is 0 Å². The minimum absolute atomic E-state index is 0.0903. The molecule has 54 valence electrons. The van der Waals surface area contributed by atoms with E-state index in [1.165, 1.54) is 6.08 Å². The van der Waals surface area contributed by atoms with Gasteiger partial charge >= 0.3 is 0 Å². The van der Waals surface area contributed by atoms with Gasteiger partial charge < -0.3 is 5.73 Å². The lowest BCUT2D eigenvalue weighted by Crippen LogP contribution is -1.95. The zero-order valence-electron chi connectivity index (χ0n) is 6.02. The normalized spacial score (nSPS) is 12.8. The monoisotopic (exact) mass is 131 g/mol. The van der Waals surface area contributed by atoms with Crippen LogP contribution in [0.4, 0.5) is 4.39 Å². The summed E-state index contributed by atoms with van der Waals surface area (Å²) in [5.41, 5.74) is 5.09. The van der Waals surface area contributed by atoms with Crippen molar-refractivity contribution in [2.75, 3.05) is 6.54 Å². The molecule has 0 aliphatic heterocycles. The Morgan fingerprint density at radius 3 is 2.56 bits per heavy atom. The third-order valence-corrected chi connectivity index (χ3v) is 0.943. The standard InChI is InChI=1S/C7H14FN/c1-6(2)5-7(8)3-4-9/h3,6H,4-5,9H2,1-2H3/b7-3+. The average molecular weight is 131 g/mol. The first-order valence-corrected chi connectivity index (χ1v) is 3.21. The summed E-state index contributed by atoms with van der Waals surface area (Å²) >= 11 is 0. The number of nitrogens with two attached hydrogens (primary N) is 1. The highest BCUT2D eigenvalue weighted by atomic mass is 19.1. The van der Waals surface area contributed by atoms with E-state index in [1.54, 1.807) is 0 Å². The molecule has 2 N–H and O–H groups in total. The van der Waals surface area contributed by atoms with E-state index in [9.17, 15) is 4.39 Å². The maximum absolute atomic E-state index is 12.4. The van der Waals surface area contributed by atoms with Crippen molar-refractivity contribution in [3.8, 4) is 0 Å². The van der Waals surface area contributed by atoms with E-state index in [1.807, 2.05) is 13.8 Å². The van der Waals surface area contributed by atoms with E-state index in [0.29, 0.717) is 18.9 Å². The molecule has 9 heavy (non-hydrogen) atoms. The molecule has 0 bridgehead atoms. The van der Waals surface area contributed by atoms with Gasteiger partial charge in [0.25, 0.3) is 0 Å². The summed E-state index contributed by atoms with van der Waals surface area (Å²) in [4.78, 5) is 0. The second-order valence-corrected chi connectivity index (χ2v) is 2.48. The van der Waals surface area contributed by atoms with Crippen LogP contribution >= 0.6 is 0 Å². The van der Waals surface area contributed by atoms with Crippen molar-refractivity contribution in [2.24, 2.45) is 11.7 Å². The molecule has 0 saturated carbocycles. The molecule has 0 spiro atoms. The zero-order valence-corrected chi connectivity index (χ0v) is 6.02. The maximum Gasteiger partial charge on any atom is 0.0975 e. The summed E-state index contributed by atoms with van der Waals surface area (Å²) < 4.78 is 12.4. The molecule has 0 aromatic rings. The van der Waals surface area contributed by atoms with Gasteiger partial charge in [0.2, 0.25) is 0 Å². The first kappa shape index (κ1) is 8.63. The average Bonchev–Trinajstić information content (AvgIpc) is 1.63. The van der Waals surface area contributed by atoms with Crippen LogP contribution in [0.5, 0.6) is 0 Å². The lowest BCUT2D eigenvalue weighted by molar-refractivity contribution is 0.514. The number of hydrogen-bond donors (Lipinski definition) is 1. The molecule has 0 aliphatic carbocycles. The number of halogens is 1. The van der Waals surface area contributed by atoms with Crippen LogP contribution in [0, 0.1) is 5.92 Å². The predicted octanol–water partition coefficient (Wildman–Crippen LogP) is 1.84. The molecule has 0 amide bonds. The van der Waals surface area contributed by atoms with Gasteiger partial charge in [-0.05, 0) is 12.0 Å². The number of hydrogen-bond acceptors (Lipinski definition) is 1. The van der Waals surface area contributed by atoms with E-state index in [4.69, 9.17) is 5.73 Å². The van der Waals surface area contributed by atoms with E-state index in [0.717, 1.165) is 0 Å². The highest BCUT2D eigenvalue weighted by Crippen LogP contribution is 2.10. The van der Waals surface area contributed by atoms with Gasteiger partial charge in [0, 0.05) is 13.0 Å². The van der Waals surface area contributed by atoms with Crippen molar-refractivity contribution in [3.05, 3.63) is 11.9 Å². The minimum Gasteiger partial charge on any atom is -0.327 e. The molecule has 0 unspecified atom stereocenters. The van der Waals surface area contributed by atoms with Gasteiger partial charge in [-0.15, -0.1) is 0 Å². The van der Waals surface area contributed by atoms with Crippen LogP contribution in [0.25, 0.3) is 0 Å². The van der Waals surface area contributed by atoms with Crippen LogP contribution in [0.3, 0.4) is 0 Å². The molecule has 2 heteroatoms. The van der Waals surface area contributed by atoms with Crippen molar-refractivity contribution in [1.82, 2.24) is 0 Å². The van der Waals surface area contributed by atoms with Crippen molar-refractivity contribution in [3.63, 3.8) is 0 Å². The Balaban J connectivity index is 3.49. The molecule has 0 atom stereocenters. The smallest absolute Gasteiger partial charge is 0.0975 e. The van der Waals surface area contributed by atoms with E-state index >= 15 is 0 Å². The summed E-state index contributed by atoms with van der Waals surface area (Å²) in [6.07, 6.45) is 1.93. The van der Waals surface area contributed by atoms with Crippen molar-refractivity contribution in [2.45, 2.75) is 20.3 Å². The number of rotatable bonds is 3. The van der Waals surface area contributed by atoms with Crippen LogP contribution in [-0.2, 0) is 0 Å². The Hall–Kier alpha value is -0.370. The highest BCUT2D eigenvalue weighted by molar-refractivity contribution is 4.92. The summed E-state index contributed by atoms with van der Waals surface area (Å²) in [5, 5.41) is 0. The lowest BCUT2D eigenvalue weighted by Gasteiger charge is -1.99. The number of allylic oxidation sites excluding steroid dienone is 1.